The molecule has 0 unspecified atom stereocenters. The molecular weight excluding hydrogens is 306 g/mol. The molecule has 0 aliphatic carbocycles. The van der Waals surface area contributed by atoms with E-state index in [0.29, 0.717) is 6.54 Å². The Morgan fingerprint density at radius 2 is 1.32 bits per heavy atom. The molecule has 0 saturated carbocycles. The summed E-state index contributed by atoms with van der Waals surface area (Å²) in [6.07, 6.45) is 1.91. The van der Waals surface area contributed by atoms with Crippen LogP contribution in [-0.4, -0.2) is 10.8 Å². The van der Waals surface area contributed by atoms with E-state index in [1.54, 1.807) is 0 Å². The predicted molar refractivity (Wildman–Crippen MR) is 100 cm³/mol. The van der Waals surface area contributed by atoms with E-state index in [0.717, 1.165) is 18.4 Å². The number of hydrogen-bond acceptors (Lipinski definition) is 1. The van der Waals surface area contributed by atoms with Crippen molar-refractivity contribution in [1.82, 2.24) is 4.90 Å². The van der Waals surface area contributed by atoms with Crippen LogP contribution >= 0.6 is 0 Å². The lowest BCUT2D eigenvalue weighted by Crippen LogP contribution is -2.28. The van der Waals surface area contributed by atoms with Crippen molar-refractivity contribution >= 4 is 5.91 Å². The number of aryl methyl sites for hydroxylation is 1. The van der Waals surface area contributed by atoms with Gasteiger partial charge < -0.3 is 4.90 Å². The minimum absolute atomic E-state index is 0.143. The van der Waals surface area contributed by atoms with Crippen LogP contribution in [0.3, 0.4) is 0 Å². The highest BCUT2D eigenvalue weighted by Gasteiger charge is 2.35. The summed E-state index contributed by atoms with van der Waals surface area (Å²) in [6.45, 7) is 0.661. The standard InChI is InChI=1S/C23H21NO/c25-23-21-14-8-7-13-20(21)22(16-15-18-9-3-1-4-10-18)24(23)17-19-11-5-2-6-12-19/h1-14,22H,15-17H2/t22-/m0/s1. The summed E-state index contributed by atoms with van der Waals surface area (Å²) >= 11 is 0. The SMILES string of the molecule is O=C1c2ccccc2[C@H](CCc2ccccc2)N1Cc1ccccc1. The Morgan fingerprint density at radius 3 is 2.04 bits per heavy atom. The first-order valence-electron chi connectivity index (χ1n) is 8.80. The highest BCUT2D eigenvalue weighted by molar-refractivity contribution is 5.99. The van der Waals surface area contributed by atoms with Crippen molar-refractivity contribution in [2.24, 2.45) is 0 Å². The molecule has 0 spiro atoms. The molecule has 1 heterocycles. The second-order valence-electron chi connectivity index (χ2n) is 6.55. The maximum Gasteiger partial charge on any atom is 0.255 e. The van der Waals surface area contributed by atoms with E-state index in [2.05, 4.69) is 42.5 Å². The number of amides is 1. The first kappa shape index (κ1) is 15.6. The van der Waals surface area contributed by atoms with Gasteiger partial charge in [-0.25, -0.2) is 0 Å². The summed E-state index contributed by atoms with van der Waals surface area (Å²) in [7, 11) is 0. The van der Waals surface area contributed by atoms with E-state index in [9.17, 15) is 4.79 Å². The van der Waals surface area contributed by atoms with Crippen molar-refractivity contribution in [3.05, 3.63) is 107 Å². The molecule has 0 radical (unpaired) electrons. The van der Waals surface area contributed by atoms with Gasteiger partial charge in [0.2, 0.25) is 0 Å². The highest BCUT2D eigenvalue weighted by Crippen LogP contribution is 2.37. The summed E-state index contributed by atoms with van der Waals surface area (Å²) in [4.78, 5) is 15.0. The molecule has 124 valence electrons. The number of fused-ring (bicyclic) bond motifs is 1. The van der Waals surface area contributed by atoms with E-state index < -0.39 is 0 Å². The van der Waals surface area contributed by atoms with Gasteiger partial charge in [-0.3, -0.25) is 4.79 Å². The second-order valence-corrected chi connectivity index (χ2v) is 6.55. The molecule has 3 aromatic rings. The average Bonchev–Trinajstić information content (AvgIpc) is 2.94. The maximum absolute atomic E-state index is 12.9. The zero-order valence-electron chi connectivity index (χ0n) is 14.1. The quantitative estimate of drug-likeness (QED) is 0.644. The van der Waals surface area contributed by atoms with E-state index in [4.69, 9.17) is 0 Å². The van der Waals surface area contributed by atoms with Gasteiger partial charge in [-0.05, 0) is 35.6 Å². The van der Waals surface area contributed by atoms with Crippen molar-refractivity contribution in [3.63, 3.8) is 0 Å². The zero-order chi connectivity index (χ0) is 17.1. The molecule has 3 aromatic carbocycles. The number of nitrogens with zero attached hydrogens (tertiary/aromatic N) is 1. The first-order chi connectivity index (χ1) is 12.3. The van der Waals surface area contributed by atoms with E-state index in [1.807, 2.05) is 47.4 Å². The lowest BCUT2D eigenvalue weighted by Gasteiger charge is -2.25. The molecule has 4 rings (SSSR count). The third kappa shape index (κ3) is 3.20. The lowest BCUT2D eigenvalue weighted by molar-refractivity contribution is 0.0702. The van der Waals surface area contributed by atoms with E-state index in [1.165, 1.54) is 16.7 Å². The predicted octanol–water partition coefficient (Wildman–Crippen LogP) is 5.02. The fourth-order valence-electron chi connectivity index (χ4n) is 3.67. The van der Waals surface area contributed by atoms with E-state index >= 15 is 0 Å². The monoisotopic (exact) mass is 327 g/mol. The zero-order valence-corrected chi connectivity index (χ0v) is 14.1. The Bertz CT molecular complexity index is 858. The fourth-order valence-corrected chi connectivity index (χ4v) is 3.67. The van der Waals surface area contributed by atoms with E-state index in [-0.39, 0.29) is 11.9 Å². The Kier molecular flexibility index (Phi) is 4.34. The second kappa shape index (κ2) is 6.94. The number of carbonyl (C=O) groups excluding carboxylic acids is 1. The summed E-state index contributed by atoms with van der Waals surface area (Å²) in [5, 5.41) is 0. The maximum atomic E-state index is 12.9. The molecule has 2 heteroatoms. The van der Waals surface area contributed by atoms with Crippen LogP contribution in [0.5, 0.6) is 0 Å². The van der Waals surface area contributed by atoms with Gasteiger partial charge in [0.1, 0.15) is 0 Å². The van der Waals surface area contributed by atoms with Gasteiger partial charge in [0.15, 0.2) is 0 Å². The molecule has 0 N–H and O–H groups in total. The molecule has 1 amide bonds. The molecule has 25 heavy (non-hydrogen) atoms. The van der Waals surface area contributed by atoms with Crippen LogP contribution in [0.15, 0.2) is 84.9 Å². The molecule has 0 fully saturated rings. The van der Waals surface area contributed by atoms with Crippen molar-refractivity contribution in [2.75, 3.05) is 0 Å². The molecule has 1 atom stereocenters. The number of carbonyl (C=O) groups is 1. The Balaban J connectivity index is 1.60. The molecule has 0 aromatic heterocycles. The van der Waals surface area contributed by atoms with Crippen LogP contribution in [0, 0.1) is 0 Å². The number of rotatable bonds is 5. The van der Waals surface area contributed by atoms with Gasteiger partial charge in [0.05, 0.1) is 6.04 Å². The number of benzene rings is 3. The molecule has 1 aliphatic rings. The Hall–Kier alpha value is -2.87. The van der Waals surface area contributed by atoms with Crippen LogP contribution < -0.4 is 0 Å². The molecule has 1 aliphatic heterocycles. The van der Waals surface area contributed by atoms with Crippen molar-refractivity contribution in [2.45, 2.75) is 25.4 Å². The van der Waals surface area contributed by atoms with Crippen LogP contribution in [0.4, 0.5) is 0 Å². The van der Waals surface area contributed by atoms with Gasteiger partial charge in [-0.2, -0.15) is 0 Å². The summed E-state index contributed by atoms with van der Waals surface area (Å²) in [6, 6.07) is 28.9. The summed E-state index contributed by atoms with van der Waals surface area (Å²) in [5.41, 5.74) is 4.52. The van der Waals surface area contributed by atoms with Crippen molar-refractivity contribution in [1.29, 1.82) is 0 Å². The summed E-state index contributed by atoms with van der Waals surface area (Å²) < 4.78 is 0. The summed E-state index contributed by atoms with van der Waals surface area (Å²) in [5.74, 6) is 0.150. The van der Waals surface area contributed by atoms with Crippen LogP contribution in [0.2, 0.25) is 0 Å². The van der Waals surface area contributed by atoms with Crippen LogP contribution in [-0.2, 0) is 13.0 Å². The first-order valence-corrected chi connectivity index (χ1v) is 8.80. The minimum atomic E-state index is 0.143. The van der Waals surface area contributed by atoms with Gasteiger partial charge in [0, 0.05) is 12.1 Å². The van der Waals surface area contributed by atoms with Gasteiger partial charge in [0.25, 0.3) is 5.91 Å². The average molecular weight is 327 g/mol. The topological polar surface area (TPSA) is 20.3 Å². The third-order valence-electron chi connectivity index (χ3n) is 4.93. The van der Waals surface area contributed by atoms with Crippen LogP contribution in [0.25, 0.3) is 0 Å². The van der Waals surface area contributed by atoms with Gasteiger partial charge in [-0.15, -0.1) is 0 Å². The fraction of sp³-hybridized carbons (Fsp3) is 0.174. The van der Waals surface area contributed by atoms with Gasteiger partial charge >= 0.3 is 0 Å². The molecule has 0 saturated heterocycles. The molecule has 0 bridgehead atoms. The Morgan fingerprint density at radius 1 is 0.720 bits per heavy atom. The highest BCUT2D eigenvalue weighted by atomic mass is 16.2. The minimum Gasteiger partial charge on any atom is -0.327 e. The molecular formula is C23H21NO. The van der Waals surface area contributed by atoms with Gasteiger partial charge in [-0.1, -0.05) is 78.9 Å². The largest absolute Gasteiger partial charge is 0.327 e. The normalized spacial score (nSPS) is 16.1. The lowest BCUT2D eigenvalue weighted by atomic mass is 9.98. The third-order valence-corrected chi connectivity index (χ3v) is 4.93. The van der Waals surface area contributed by atoms with Crippen LogP contribution in [0.1, 0.15) is 39.5 Å². The van der Waals surface area contributed by atoms with Crippen molar-refractivity contribution < 1.29 is 4.79 Å². The molecule has 2 nitrogen and oxygen atoms in total. The van der Waals surface area contributed by atoms with Crippen molar-refractivity contribution in [3.8, 4) is 0 Å². The number of hydrogen-bond donors (Lipinski definition) is 0. The Labute approximate surface area is 148 Å². The smallest absolute Gasteiger partial charge is 0.255 e.